The van der Waals surface area contributed by atoms with Gasteiger partial charge in [0.2, 0.25) is 0 Å². The highest BCUT2D eigenvalue weighted by Crippen LogP contribution is 2.68. The van der Waals surface area contributed by atoms with Crippen molar-refractivity contribution in [3.8, 4) is 0 Å². The summed E-state index contributed by atoms with van der Waals surface area (Å²) in [6.07, 6.45) is 6.90. The lowest BCUT2D eigenvalue weighted by molar-refractivity contribution is -0.166. The number of fused-ring (bicyclic) bond motifs is 5. The van der Waals surface area contributed by atoms with Crippen LogP contribution in [0, 0.1) is 34.5 Å². The molecule has 0 aliphatic heterocycles. The highest BCUT2D eigenvalue weighted by molar-refractivity contribution is 5.92. The van der Waals surface area contributed by atoms with Crippen LogP contribution in [0.2, 0.25) is 0 Å². The van der Waals surface area contributed by atoms with Crippen molar-refractivity contribution < 1.29 is 24.9 Å². The predicted octanol–water partition coefficient (Wildman–Crippen LogP) is 2.03. The summed E-state index contributed by atoms with van der Waals surface area (Å²) >= 11 is 0. The molecule has 3 fully saturated rings. The summed E-state index contributed by atoms with van der Waals surface area (Å²) in [5.74, 6) is 0.673. The Balaban J connectivity index is 1.73. The molecule has 0 radical (unpaired) electrons. The van der Waals surface area contributed by atoms with Gasteiger partial charge in [0, 0.05) is 24.4 Å². The molecule has 7 atom stereocenters. The number of aliphatic hydroxyl groups is 3. The SMILES string of the molecule is C[C@]12CCC(=O)C=C1[C@@H](CO)C[C@@H]1[C@@H]2CC[C@@]2(C)[C@H]1CC[C@]2(O)C(=O)CO. The molecule has 3 N–H and O–H groups in total. The maximum Gasteiger partial charge on any atom is 0.190 e. The first kappa shape index (κ1) is 19.3. The molecular weight excluding hydrogens is 344 g/mol. The number of Topliss-reactive ketones (excluding diaryl/α,β-unsaturated/α-hetero) is 1. The Labute approximate surface area is 160 Å². The highest BCUT2D eigenvalue weighted by Gasteiger charge is 2.66. The summed E-state index contributed by atoms with van der Waals surface area (Å²) in [4.78, 5) is 24.5. The molecule has 4 aliphatic carbocycles. The standard InChI is InChI=1S/C22H32O5/c1-20-6-3-14(25)10-18(20)13(11-23)9-15-16(20)4-7-21(2)17(15)5-8-22(21,27)19(26)12-24/h10,13,15-17,23-24,27H,3-9,11-12H2,1-2H3/t13-,15-,16+,17+,20-,21+,22+/m1/s1. The van der Waals surface area contributed by atoms with Crippen molar-refractivity contribution in [3.05, 3.63) is 11.6 Å². The molecule has 0 amide bonds. The molecule has 0 aromatic rings. The normalized spacial score (nSPS) is 49.1. The fourth-order valence-electron chi connectivity index (χ4n) is 7.56. The zero-order chi connectivity index (χ0) is 19.6. The molecule has 0 unspecified atom stereocenters. The third kappa shape index (κ3) is 2.41. The number of carbonyl (C=O) groups is 2. The minimum Gasteiger partial charge on any atom is -0.396 e. The molecule has 150 valence electrons. The minimum atomic E-state index is -1.44. The second kappa shape index (κ2) is 6.23. The Morgan fingerprint density at radius 1 is 1.15 bits per heavy atom. The summed E-state index contributed by atoms with van der Waals surface area (Å²) in [5, 5.41) is 30.7. The van der Waals surface area contributed by atoms with Crippen LogP contribution in [0.4, 0.5) is 0 Å². The van der Waals surface area contributed by atoms with E-state index in [9.17, 15) is 24.9 Å². The summed E-state index contributed by atoms with van der Waals surface area (Å²) in [6.45, 7) is 3.72. The van der Waals surface area contributed by atoms with E-state index >= 15 is 0 Å². The third-order valence-corrected chi connectivity index (χ3v) is 9.10. The van der Waals surface area contributed by atoms with Gasteiger partial charge in [0.05, 0.1) is 0 Å². The van der Waals surface area contributed by atoms with Gasteiger partial charge in [-0.15, -0.1) is 0 Å². The second-order valence-electron chi connectivity index (χ2n) is 9.91. The minimum absolute atomic E-state index is 0.00918. The lowest BCUT2D eigenvalue weighted by Gasteiger charge is -2.60. The number of hydrogen-bond donors (Lipinski definition) is 3. The Bertz CT molecular complexity index is 699. The second-order valence-corrected chi connectivity index (χ2v) is 9.91. The first-order valence-electron chi connectivity index (χ1n) is 10.4. The van der Waals surface area contributed by atoms with E-state index in [1.807, 2.05) is 6.92 Å². The van der Waals surface area contributed by atoms with E-state index in [4.69, 9.17) is 0 Å². The van der Waals surface area contributed by atoms with Crippen LogP contribution in [0.3, 0.4) is 0 Å². The van der Waals surface area contributed by atoms with E-state index in [0.29, 0.717) is 24.7 Å². The predicted molar refractivity (Wildman–Crippen MR) is 99.7 cm³/mol. The van der Waals surface area contributed by atoms with Crippen LogP contribution in [-0.2, 0) is 9.59 Å². The van der Waals surface area contributed by atoms with Gasteiger partial charge in [-0.2, -0.15) is 0 Å². The Hall–Kier alpha value is -1.04. The molecule has 0 bridgehead atoms. The van der Waals surface area contributed by atoms with Crippen molar-refractivity contribution in [1.29, 1.82) is 0 Å². The molecule has 0 spiro atoms. The van der Waals surface area contributed by atoms with E-state index < -0.39 is 23.4 Å². The topological polar surface area (TPSA) is 94.8 Å². The van der Waals surface area contributed by atoms with Gasteiger partial charge < -0.3 is 15.3 Å². The molecule has 0 aromatic heterocycles. The number of carbonyl (C=O) groups excluding carboxylic acids is 2. The monoisotopic (exact) mass is 376 g/mol. The van der Waals surface area contributed by atoms with Crippen molar-refractivity contribution in [2.24, 2.45) is 34.5 Å². The fourth-order valence-corrected chi connectivity index (χ4v) is 7.56. The Morgan fingerprint density at radius 2 is 1.85 bits per heavy atom. The number of aliphatic hydroxyl groups excluding tert-OH is 2. The Kier molecular flexibility index (Phi) is 4.45. The van der Waals surface area contributed by atoms with Gasteiger partial charge in [0.1, 0.15) is 12.2 Å². The van der Waals surface area contributed by atoms with Gasteiger partial charge in [0.15, 0.2) is 11.6 Å². The molecule has 27 heavy (non-hydrogen) atoms. The van der Waals surface area contributed by atoms with E-state index in [-0.39, 0.29) is 29.6 Å². The quantitative estimate of drug-likeness (QED) is 0.701. The van der Waals surface area contributed by atoms with Gasteiger partial charge in [-0.3, -0.25) is 9.59 Å². The van der Waals surface area contributed by atoms with Gasteiger partial charge in [-0.1, -0.05) is 19.4 Å². The van der Waals surface area contributed by atoms with Crippen molar-refractivity contribution in [3.63, 3.8) is 0 Å². The number of ketones is 2. The van der Waals surface area contributed by atoms with Gasteiger partial charge in [0.25, 0.3) is 0 Å². The molecular formula is C22H32O5. The first-order valence-corrected chi connectivity index (χ1v) is 10.4. The van der Waals surface area contributed by atoms with Crippen LogP contribution in [0.5, 0.6) is 0 Å². The number of hydrogen-bond acceptors (Lipinski definition) is 5. The Morgan fingerprint density at radius 3 is 2.52 bits per heavy atom. The van der Waals surface area contributed by atoms with E-state index in [1.54, 1.807) is 6.08 Å². The first-order chi connectivity index (χ1) is 12.7. The lowest BCUT2D eigenvalue weighted by atomic mass is 9.44. The molecule has 0 saturated heterocycles. The fraction of sp³-hybridized carbons (Fsp3) is 0.818. The molecule has 3 saturated carbocycles. The molecule has 0 heterocycles. The van der Waals surface area contributed by atoms with Crippen LogP contribution in [0.25, 0.3) is 0 Å². The average Bonchev–Trinajstić information content (AvgIpc) is 2.93. The summed E-state index contributed by atoms with van der Waals surface area (Å²) < 4.78 is 0. The molecule has 5 nitrogen and oxygen atoms in total. The van der Waals surface area contributed by atoms with E-state index in [2.05, 4.69) is 6.92 Å². The zero-order valence-electron chi connectivity index (χ0n) is 16.4. The van der Waals surface area contributed by atoms with Crippen LogP contribution in [0.15, 0.2) is 11.6 Å². The largest absolute Gasteiger partial charge is 0.396 e. The maximum absolute atomic E-state index is 12.4. The third-order valence-electron chi connectivity index (χ3n) is 9.10. The average molecular weight is 376 g/mol. The van der Waals surface area contributed by atoms with Crippen molar-refractivity contribution in [1.82, 2.24) is 0 Å². The zero-order valence-corrected chi connectivity index (χ0v) is 16.4. The van der Waals surface area contributed by atoms with Gasteiger partial charge in [-0.25, -0.2) is 0 Å². The molecule has 4 aliphatic rings. The van der Waals surface area contributed by atoms with Crippen molar-refractivity contribution >= 4 is 11.6 Å². The highest BCUT2D eigenvalue weighted by atomic mass is 16.3. The van der Waals surface area contributed by atoms with Crippen LogP contribution in [0.1, 0.15) is 58.8 Å². The van der Waals surface area contributed by atoms with E-state index in [0.717, 1.165) is 37.7 Å². The summed E-state index contributed by atoms with van der Waals surface area (Å²) in [6, 6.07) is 0. The number of rotatable bonds is 3. The molecule has 4 rings (SSSR count). The summed E-state index contributed by atoms with van der Waals surface area (Å²) in [7, 11) is 0. The molecule has 0 aromatic carbocycles. The van der Waals surface area contributed by atoms with E-state index in [1.165, 1.54) is 0 Å². The smallest absolute Gasteiger partial charge is 0.190 e. The van der Waals surface area contributed by atoms with Crippen molar-refractivity contribution in [2.75, 3.05) is 13.2 Å². The van der Waals surface area contributed by atoms with Crippen LogP contribution < -0.4 is 0 Å². The van der Waals surface area contributed by atoms with Crippen LogP contribution in [-0.4, -0.2) is 45.7 Å². The summed E-state index contributed by atoms with van der Waals surface area (Å²) in [5.41, 5.74) is -0.902. The lowest BCUT2D eigenvalue weighted by Crippen LogP contribution is -2.59. The molecule has 5 heteroatoms. The van der Waals surface area contributed by atoms with Gasteiger partial charge in [-0.05, 0) is 67.8 Å². The maximum atomic E-state index is 12.4. The van der Waals surface area contributed by atoms with Crippen LogP contribution >= 0.6 is 0 Å². The van der Waals surface area contributed by atoms with Gasteiger partial charge >= 0.3 is 0 Å². The van der Waals surface area contributed by atoms with Crippen molar-refractivity contribution in [2.45, 2.75) is 64.4 Å².